The summed E-state index contributed by atoms with van der Waals surface area (Å²) in [5.41, 5.74) is 6.41. The molecule has 2 aromatic heterocycles. The number of aromatic nitrogens is 3. The van der Waals surface area contributed by atoms with Crippen molar-refractivity contribution in [3.8, 4) is 0 Å². The minimum Gasteiger partial charge on any atom is -0.394 e. The van der Waals surface area contributed by atoms with Gasteiger partial charge in [-0.25, -0.2) is 14.4 Å². The number of aliphatic hydroxyl groups is 1. The molecule has 0 radical (unpaired) electrons. The minimum atomic E-state index is -0.736. The number of fused-ring (bicyclic) bond motifs is 1. The van der Waals surface area contributed by atoms with Crippen molar-refractivity contribution in [2.75, 3.05) is 17.2 Å². The minimum absolute atomic E-state index is 0.0325. The molecule has 0 bridgehead atoms. The molecule has 0 saturated heterocycles. The summed E-state index contributed by atoms with van der Waals surface area (Å²) in [6.45, 7) is 3.84. The summed E-state index contributed by atoms with van der Waals surface area (Å²) >= 11 is 0. The normalized spacial score (nSPS) is 12.2. The van der Waals surface area contributed by atoms with Crippen LogP contribution in [0.2, 0.25) is 0 Å². The number of nitrogens with zero attached hydrogens (tertiary/aromatic N) is 3. The van der Waals surface area contributed by atoms with E-state index >= 15 is 0 Å². The predicted octanol–water partition coefficient (Wildman–Crippen LogP) is 2.44. The number of aliphatic hydroxyl groups excluding tert-OH is 1. The molecule has 3 aromatic rings. The van der Waals surface area contributed by atoms with Crippen LogP contribution in [0.15, 0.2) is 36.7 Å². The number of rotatable bonds is 7. The number of primary amides is 1. The van der Waals surface area contributed by atoms with Crippen molar-refractivity contribution in [3.05, 3.63) is 48.2 Å². The van der Waals surface area contributed by atoms with Crippen LogP contribution in [-0.4, -0.2) is 38.6 Å². The molecule has 0 aliphatic rings. The van der Waals surface area contributed by atoms with Crippen LogP contribution >= 0.6 is 0 Å². The molecule has 0 spiro atoms. The standard InChI is InChI=1S/C19H21FN6O2/c1-10(2)15(9-27)25-16-8-23-17(18(21)28)19(26-16)24-13-5-11-3-4-12(20)6-14(11)22-7-13/h3-8,10,15,27H,9H2,1-2H3,(H2,21,28)(H2,24,25,26). The molecule has 0 fully saturated rings. The first-order valence-electron chi connectivity index (χ1n) is 8.74. The van der Waals surface area contributed by atoms with Crippen LogP contribution in [0.1, 0.15) is 24.3 Å². The topological polar surface area (TPSA) is 126 Å². The quantitative estimate of drug-likeness (QED) is 0.493. The number of amides is 1. The molecule has 2 heterocycles. The summed E-state index contributed by atoms with van der Waals surface area (Å²) < 4.78 is 13.3. The Hall–Kier alpha value is -3.33. The number of hydrogen-bond acceptors (Lipinski definition) is 7. The number of anilines is 3. The average Bonchev–Trinajstić information content (AvgIpc) is 2.66. The summed E-state index contributed by atoms with van der Waals surface area (Å²) in [4.78, 5) is 24.4. The van der Waals surface area contributed by atoms with E-state index in [2.05, 4.69) is 25.6 Å². The van der Waals surface area contributed by atoms with Crippen molar-refractivity contribution in [2.24, 2.45) is 11.7 Å². The van der Waals surface area contributed by atoms with Crippen molar-refractivity contribution >= 4 is 34.1 Å². The van der Waals surface area contributed by atoms with Gasteiger partial charge in [-0.05, 0) is 24.1 Å². The van der Waals surface area contributed by atoms with Gasteiger partial charge in [-0.2, -0.15) is 0 Å². The first kappa shape index (κ1) is 19.4. The number of carbonyl (C=O) groups is 1. The molecule has 28 heavy (non-hydrogen) atoms. The molecule has 8 nitrogen and oxygen atoms in total. The Bertz CT molecular complexity index is 1010. The zero-order valence-electron chi connectivity index (χ0n) is 15.5. The fourth-order valence-corrected chi connectivity index (χ4v) is 2.64. The summed E-state index contributed by atoms with van der Waals surface area (Å²) in [6.07, 6.45) is 2.89. The lowest BCUT2D eigenvalue weighted by molar-refractivity contribution is 0.0996. The fraction of sp³-hybridized carbons (Fsp3) is 0.263. The van der Waals surface area contributed by atoms with Gasteiger partial charge in [0.05, 0.1) is 36.2 Å². The van der Waals surface area contributed by atoms with Crippen molar-refractivity contribution in [2.45, 2.75) is 19.9 Å². The zero-order chi connectivity index (χ0) is 20.3. The molecule has 1 unspecified atom stereocenters. The monoisotopic (exact) mass is 384 g/mol. The number of nitrogens with one attached hydrogen (secondary N) is 2. The number of halogens is 1. The summed E-state index contributed by atoms with van der Waals surface area (Å²) in [5, 5.41) is 16.3. The van der Waals surface area contributed by atoms with Crippen LogP contribution in [0.3, 0.4) is 0 Å². The maximum absolute atomic E-state index is 13.3. The van der Waals surface area contributed by atoms with Crippen molar-refractivity contribution in [3.63, 3.8) is 0 Å². The largest absolute Gasteiger partial charge is 0.394 e. The maximum Gasteiger partial charge on any atom is 0.271 e. The number of carbonyl (C=O) groups excluding carboxylic acids is 1. The lowest BCUT2D eigenvalue weighted by atomic mass is 10.1. The van der Waals surface area contributed by atoms with Crippen LogP contribution in [0.25, 0.3) is 10.9 Å². The summed E-state index contributed by atoms with van der Waals surface area (Å²) in [7, 11) is 0. The Morgan fingerprint density at radius 3 is 2.71 bits per heavy atom. The third-order valence-electron chi connectivity index (χ3n) is 4.25. The van der Waals surface area contributed by atoms with Crippen molar-refractivity contribution in [1.82, 2.24) is 15.0 Å². The molecular weight excluding hydrogens is 363 g/mol. The van der Waals surface area contributed by atoms with Gasteiger partial charge in [-0.1, -0.05) is 13.8 Å². The SMILES string of the molecule is CC(C)C(CO)Nc1cnc(C(N)=O)c(Nc2cnc3cc(F)ccc3c2)n1. The maximum atomic E-state index is 13.3. The molecule has 1 aromatic carbocycles. The van der Waals surface area contributed by atoms with Crippen LogP contribution < -0.4 is 16.4 Å². The van der Waals surface area contributed by atoms with E-state index in [-0.39, 0.29) is 35.9 Å². The highest BCUT2D eigenvalue weighted by Gasteiger charge is 2.17. The van der Waals surface area contributed by atoms with Gasteiger partial charge in [-0.3, -0.25) is 9.78 Å². The Morgan fingerprint density at radius 2 is 2.04 bits per heavy atom. The fourth-order valence-electron chi connectivity index (χ4n) is 2.64. The Kier molecular flexibility index (Phi) is 5.65. The molecule has 0 aliphatic carbocycles. The molecular formula is C19H21FN6O2. The van der Waals surface area contributed by atoms with E-state index in [1.54, 1.807) is 12.1 Å². The average molecular weight is 384 g/mol. The van der Waals surface area contributed by atoms with Crippen molar-refractivity contribution < 1.29 is 14.3 Å². The molecule has 5 N–H and O–H groups in total. The molecule has 1 amide bonds. The lowest BCUT2D eigenvalue weighted by Crippen LogP contribution is -2.30. The Balaban J connectivity index is 1.93. The molecule has 0 aliphatic heterocycles. The molecule has 3 rings (SSSR count). The van der Waals surface area contributed by atoms with Crippen LogP contribution in [0.4, 0.5) is 21.7 Å². The second-order valence-corrected chi connectivity index (χ2v) is 6.68. The van der Waals surface area contributed by atoms with Gasteiger partial charge in [0.2, 0.25) is 0 Å². The number of pyridine rings is 1. The third-order valence-corrected chi connectivity index (χ3v) is 4.25. The van der Waals surface area contributed by atoms with Gasteiger partial charge in [-0.15, -0.1) is 0 Å². The van der Waals surface area contributed by atoms with Crippen molar-refractivity contribution in [1.29, 1.82) is 0 Å². The summed E-state index contributed by atoms with van der Waals surface area (Å²) in [6, 6.07) is 5.81. The van der Waals surface area contributed by atoms with E-state index in [0.29, 0.717) is 17.0 Å². The van der Waals surface area contributed by atoms with Gasteiger partial charge >= 0.3 is 0 Å². The van der Waals surface area contributed by atoms with E-state index in [9.17, 15) is 14.3 Å². The highest BCUT2D eigenvalue weighted by atomic mass is 19.1. The van der Waals surface area contributed by atoms with Gasteiger partial charge in [0.1, 0.15) is 11.6 Å². The smallest absolute Gasteiger partial charge is 0.271 e. The Morgan fingerprint density at radius 1 is 1.25 bits per heavy atom. The van der Waals surface area contributed by atoms with E-state index in [4.69, 9.17) is 5.73 Å². The number of nitrogens with two attached hydrogens (primary N) is 1. The first-order valence-corrected chi connectivity index (χ1v) is 8.74. The first-order chi connectivity index (χ1) is 13.4. The van der Waals surface area contributed by atoms with Gasteiger partial charge in [0.15, 0.2) is 11.5 Å². The second-order valence-electron chi connectivity index (χ2n) is 6.68. The number of benzene rings is 1. The van der Waals surface area contributed by atoms with Gasteiger partial charge in [0, 0.05) is 11.5 Å². The lowest BCUT2D eigenvalue weighted by Gasteiger charge is -2.21. The summed E-state index contributed by atoms with van der Waals surface area (Å²) in [5.74, 6) is -0.411. The van der Waals surface area contributed by atoms with Crippen LogP contribution in [0.5, 0.6) is 0 Å². The Labute approximate surface area is 161 Å². The molecule has 9 heteroatoms. The van der Waals surface area contributed by atoms with E-state index in [1.165, 1.54) is 24.5 Å². The van der Waals surface area contributed by atoms with E-state index in [0.717, 1.165) is 5.39 Å². The van der Waals surface area contributed by atoms with E-state index < -0.39 is 5.91 Å². The zero-order valence-corrected chi connectivity index (χ0v) is 15.5. The predicted molar refractivity (Wildman–Crippen MR) is 105 cm³/mol. The third kappa shape index (κ3) is 4.32. The molecule has 1 atom stereocenters. The van der Waals surface area contributed by atoms with Gasteiger partial charge in [0.25, 0.3) is 5.91 Å². The highest BCUT2D eigenvalue weighted by molar-refractivity contribution is 5.96. The van der Waals surface area contributed by atoms with Crippen LogP contribution in [-0.2, 0) is 0 Å². The second kappa shape index (κ2) is 8.13. The molecule has 146 valence electrons. The highest BCUT2D eigenvalue weighted by Crippen LogP contribution is 2.23. The van der Waals surface area contributed by atoms with Gasteiger partial charge < -0.3 is 21.5 Å². The van der Waals surface area contributed by atoms with Crippen LogP contribution in [0, 0.1) is 11.7 Å². The molecule has 0 saturated carbocycles. The number of hydrogen-bond donors (Lipinski definition) is 4. The van der Waals surface area contributed by atoms with E-state index in [1.807, 2.05) is 13.8 Å².